The monoisotopic (exact) mass is 817 g/mol. The van der Waals surface area contributed by atoms with Crippen LogP contribution in [0, 0.1) is 12.8 Å². The molecule has 15 nitrogen and oxygen atoms in total. The number of aromatic hydroxyl groups is 1. The maximum absolute atomic E-state index is 14.3. The number of H-pyrrole nitrogens is 1. The lowest BCUT2D eigenvalue weighted by atomic mass is 9.91. The molecule has 2 saturated heterocycles. The number of aromatic amines is 1. The molecule has 2 fully saturated rings. The molecule has 16 heteroatoms. The highest BCUT2D eigenvalue weighted by atomic mass is 32.1. The summed E-state index contributed by atoms with van der Waals surface area (Å²) in [5.74, 6) is -0.750. The van der Waals surface area contributed by atoms with Crippen LogP contribution < -0.4 is 10.2 Å². The van der Waals surface area contributed by atoms with Crippen LogP contribution in [-0.4, -0.2) is 108 Å². The van der Waals surface area contributed by atoms with Gasteiger partial charge in [0.25, 0.3) is 5.91 Å². The van der Waals surface area contributed by atoms with Gasteiger partial charge in [-0.25, -0.2) is 4.98 Å². The smallest absolute Gasteiger partial charge is 0.270 e. The molecule has 6 heterocycles. The van der Waals surface area contributed by atoms with Crippen LogP contribution in [0.5, 0.6) is 5.75 Å². The maximum atomic E-state index is 14.3. The van der Waals surface area contributed by atoms with Gasteiger partial charge < -0.3 is 39.7 Å². The molecule has 0 unspecified atom stereocenters. The number of anilines is 1. The van der Waals surface area contributed by atoms with Crippen LogP contribution in [0.2, 0.25) is 0 Å². The van der Waals surface area contributed by atoms with E-state index in [2.05, 4.69) is 30.6 Å². The Morgan fingerprint density at radius 3 is 2.44 bits per heavy atom. The third kappa shape index (κ3) is 7.89. The standard InChI is InChI=1S/C43H47N9O6S/c1-24(2)37(42(57)52-22-29(53)20-33(52)40(55)46-43(4,5)28-12-10-26(11-13-28)38-25(3)44-23-59-38)35-21-36(49-58-35)50-14-16-51(17-15-50)41(56)32-19-27-18-31(47-48-39(27)45-32)30-8-6-7-9-34(30)54/h6-13,18-19,21,23-24,29,33,37,53-54H,14-17,20,22H2,1-5H3,(H,45,48)(H,46,55)/t29-,33+,37-/m1/s1. The third-order valence-electron chi connectivity index (χ3n) is 11.3. The first kappa shape index (κ1) is 39.7. The molecular weight excluding hydrogens is 771 g/mol. The Morgan fingerprint density at radius 1 is 1.00 bits per heavy atom. The summed E-state index contributed by atoms with van der Waals surface area (Å²) in [6.07, 6.45) is -0.729. The number of rotatable bonds is 10. The first-order valence-corrected chi connectivity index (χ1v) is 20.6. The van der Waals surface area contributed by atoms with Crippen molar-refractivity contribution in [2.75, 3.05) is 37.6 Å². The van der Waals surface area contributed by atoms with Gasteiger partial charge in [0.05, 0.1) is 33.4 Å². The number of para-hydroxylation sites is 1. The number of benzene rings is 2. The normalized spacial score (nSPS) is 17.8. The van der Waals surface area contributed by atoms with Crippen molar-refractivity contribution in [1.82, 2.24) is 40.4 Å². The number of aromatic nitrogens is 5. The minimum absolute atomic E-state index is 0.0289. The first-order valence-electron chi connectivity index (χ1n) is 19.7. The van der Waals surface area contributed by atoms with Crippen molar-refractivity contribution in [3.8, 4) is 27.4 Å². The van der Waals surface area contributed by atoms with Gasteiger partial charge in [-0.15, -0.1) is 21.5 Å². The summed E-state index contributed by atoms with van der Waals surface area (Å²) >= 11 is 1.58. The van der Waals surface area contributed by atoms with E-state index in [0.29, 0.717) is 65.7 Å². The fourth-order valence-electron chi connectivity index (χ4n) is 8.05. The Labute approximate surface area is 345 Å². The second-order valence-corrected chi connectivity index (χ2v) is 17.0. The van der Waals surface area contributed by atoms with Gasteiger partial charge in [0.2, 0.25) is 11.8 Å². The minimum atomic E-state index is -0.867. The topological polar surface area (TPSA) is 194 Å². The lowest BCUT2D eigenvalue weighted by Gasteiger charge is -2.34. The molecule has 0 bridgehead atoms. The molecule has 2 aliphatic rings. The molecule has 4 aromatic heterocycles. The van der Waals surface area contributed by atoms with E-state index in [1.54, 1.807) is 52.6 Å². The van der Waals surface area contributed by atoms with Gasteiger partial charge in [0.1, 0.15) is 23.4 Å². The Kier molecular flexibility index (Phi) is 10.7. The Balaban J connectivity index is 0.908. The molecule has 59 heavy (non-hydrogen) atoms. The quantitative estimate of drug-likeness (QED) is 0.137. The molecule has 2 aromatic carbocycles. The number of thiazole rings is 1. The molecule has 3 atom stereocenters. The average molecular weight is 818 g/mol. The van der Waals surface area contributed by atoms with E-state index in [0.717, 1.165) is 21.7 Å². The zero-order valence-corrected chi connectivity index (χ0v) is 34.4. The largest absolute Gasteiger partial charge is 0.507 e. The number of hydrogen-bond donors (Lipinski definition) is 4. The lowest BCUT2D eigenvalue weighted by Crippen LogP contribution is -2.52. The molecular formula is C43H47N9O6S. The van der Waals surface area contributed by atoms with Gasteiger partial charge in [-0.3, -0.25) is 14.4 Å². The van der Waals surface area contributed by atoms with E-state index < -0.39 is 23.6 Å². The van der Waals surface area contributed by atoms with Crippen LogP contribution in [0.4, 0.5) is 5.82 Å². The van der Waals surface area contributed by atoms with Gasteiger partial charge in [-0.2, -0.15) is 0 Å². The summed E-state index contributed by atoms with van der Waals surface area (Å²) in [6, 6.07) is 19.3. The van der Waals surface area contributed by atoms with Gasteiger partial charge in [0.15, 0.2) is 17.2 Å². The second-order valence-electron chi connectivity index (χ2n) is 16.2. The number of aliphatic hydroxyl groups is 1. The van der Waals surface area contributed by atoms with Crippen LogP contribution in [-0.2, 0) is 15.1 Å². The molecule has 4 N–H and O–H groups in total. The Hall–Kier alpha value is -6.13. The number of aryl methyl sites for hydroxylation is 1. The summed E-state index contributed by atoms with van der Waals surface area (Å²) in [4.78, 5) is 55.6. The fraction of sp³-hybridized carbons (Fsp3) is 0.372. The van der Waals surface area contributed by atoms with Crippen LogP contribution in [0.25, 0.3) is 32.7 Å². The number of fused-ring (bicyclic) bond motifs is 1. The molecule has 6 aromatic rings. The van der Waals surface area contributed by atoms with E-state index >= 15 is 0 Å². The zero-order chi connectivity index (χ0) is 41.6. The number of phenolic OH excluding ortho intramolecular Hbond substituents is 1. The van der Waals surface area contributed by atoms with Crippen molar-refractivity contribution in [3.05, 3.63) is 95.0 Å². The number of β-amino-alcohol motifs (C(OH)–C–C–N with tert-alkyl or cyclic N) is 1. The third-order valence-corrected chi connectivity index (χ3v) is 12.3. The van der Waals surface area contributed by atoms with Crippen LogP contribution in [0.1, 0.15) is 67.5 Å². The molecule has 306 valence electrons. The van der Waals surface area contributed by atoms with Crippen LogP contribution in [0.3, 0.4) is 0 Å². The number of amides is 3. The van der Waals surface area contributed by atoms with Crippen molar-refractivity contribution in [1.29, 1.82) is 0 Å². The SMILES string of the molecule is Cc1ncsc1-c1ccc(C(C)(C)NC(=O)[C@@H]2C[C@@H](O)CN2C(=O)[C@@H](c2cc(N3CCN(C(=O)c4cc5cc(-c6ccccc6O)nnc5[nH]4)CC3)no2)C(C)C)cc1. The zero-order valence-electron chi connectivity index (χ0n) is 33.5. The second kappa shape index (κ2) is 15.9. The predicted octanol–water partition coefficient (Wildman–Crippen LogP) is 5.47. The summed E-state index contributed by atoms with van der Waals surface area (Å²) in [5.41, 5.74) is 5.90. The number of phenols is 1. The van der Waals surface area contributed by atoms with E-state index in [4.69, 9.17) is 4.52 Å². The number of nitrogens with zero attached hydrogens (tertiary/aromatic N) is 7. The summed E-state index contributed by atoms with van der Waals surface area (Å²) < 4.78 is 5.83. The highest BCUT2D eigenvalue weighted by molar-refractivity contribution is 7.13. The van der Waals surface area contributed by atoms with Crippen LogP contribution >= 0.6 is 11.3 Å². The molecule has 0 aliphatic carbocycles. The van der Waals surface area contributed by atoms with Crippen molar-refractivity contribution < 1.29 is 29.1 Å². The van der Waals surface area contributed by atoms with E-state index in [-0.39, 0.29) is 42.4 Å². The number of carbonyl (C=O) groups excluding carboxylic acids is 3. The number of piperazine rings is 1. The number of carbonyl (C=O) groups is 3. The molecule has 0 saturated carbocycles. The molecule has 0 radical (unpaired) electrons. The molecule has 0 spiro atoms. The highest BCUT2D eigenvalue weighted by Crippen LogP contribution is 2.35. The highest BCUT2D eigenvalue weighted by Gasteiger charge is 2.44. The molecule has 8 rings (SSSR count). The van der Waals surface area contributed by atoms with Crippen molar-refractivity contribution in [2.45, 2.75) is 64.6 Å². The van der Waals surface area contributed by atoms with E-state index in [1.807, 2.05) is 75.4 Å². The van der Waals surface area contributed by atoms with Gasteiger partial charge in [0, 0.05) is 56.2 Å². The van der Waals surface area contributed by atoms with Gasteiger partial charge in [-0.05, 0) is 62.1 Å². The van der Waals surface area contributed by atoms with E-state index in [9.17, 15) is 24.6 Å². The predicted molar refractivity (Wildman–Crippen MR) is 223 cm³/mol. The number of nitrogens with one attached hydrogen (secondary N) is 2. The minimum Gasteiger partial charge on any atom is -0.507 e. The summed E-state index contributed by atoms with van der Waals surface area (Å²) in [6.45, 7) is 11.5. The van der Waals surface area contributed by atoms with Crippen molar-refractivity contribution in [2.24, 2.45) is 5.92 Å². The van der Waals surface area contributed by atoms with Crippen molar-refractivity contribution >= 4 is 45.9 Å². The average Bonchev–Trinajstić information content (AvgIpc) is 4.04. The lowest BCUT2D eigenvalue weighted by molar-refractivity contribution is -0.141. The number of likely N-dealkylation sites (tertiary alicyclic amines) is 1. The first-order chi connectivity index (χ1) is 28.3. The summed E-state index contributed by atoms with van der Waals surface area (Å²) in [5, 5.41) is 37.7. The van der Waals surface area contributed by atoms with Crippen molar-refractivity contribution in [3.63, 3.8) is 0 Å². The number of hydrogen-bond acceptors (Lipinski definition) is 12. The Bertz CT molecular complexity index is 2500. The van der Waals surface area contributed by atoms with E-state index in [1.165, 1.54) is 4.90 Å². The Morgan fingerprint density at radius 2 is 1.75 bits per heavy atom. The fourth-order valence-corrected chi connectivity index (χ4v) is 8.87. The summed E-state index contributed by atoms with van der Waals surface area (Å²) in [7, 11) is 0. The molecule has 3 amide bonds. The van der Waals surface area contributed by atoms with Gasteiger partial charge >= 0.3 is 0 Å². The van der Waals surface area contributed by atoms with Gasteiger partial charge in [-0.1, -0.05) is 55.4 Å². The number of aliphatic hydroxyl groups excluding tert-OH is 1. The van der Waals surface area contributed by atoms with Crippen LogP contribution in [0.15, 0.2) is 76.8 Å². The maximum Gasteiger partial charge on any atom is 0.270 e. The molecule has 2 aliphatic heterocycles.